The fraction of sp³-hybridized carbons (Fsp3) is 0.462. The van der Waals surface area contributed by atoms with Crippen LogP contribution in [-0.4, -0.2) is 28.1 Å². The second-order valence-corrected chi connectivity index (χ2v) is 4.95. The van der Waals surface area contributed by atoms with E-state index in [1.54, 1.807) is 0 Å². The molecule has 1 saturated carbocycles. The van der Waals surface area contributed by atoms with Gasteiger partial charge in [-0.15, -0.1) is 0 Å². The molecule has 0 aromatic carbocycles. The summed E-state index contributed by atoms with van der Waals surface area (Å²) < 4.78 is 0. The highest BCUT2D eigenvalue weighted by molar-refractivity contribution is 5.90. The molecule has 3 N–H and O–H groups in total. The molecule has 2 rings (SSSR count). The van der Waals surface area contributed by atoms with Gasteiger partial charge in [0, 0.05) is 6.04 Å². The fourth-order valence-electron chi connectivity index (χ4n) is 2.29. The average Bonchev–Trinajstić information content (AvgIpc) is 2.75. The number of amides is 2. The van der Waals surface area contributed by atoms with Crippen LogP contribution >= 0.6 is 0 Å². The minimum Gasteiger partial charge on any atom is -0.477 e. The number of hydrogen-bond donors (Lipinski definition) is 3. The lowest BCUT2D eigenvalue weighted by Crippen LogP contribution is -2.36. The molecular weight excluding hydrogens is 246 g/mol. The largest absolute Gasteiger partial charge is 0.477 e. The number of urea groups is 1. The number of nitrogens with zero attached hydrogens (tertiary/aromatic N) is 1. The predicted octanol–water partition coefficient (Wildman–Crippen LogP) is 2.09. The molecule has 0 bridgehead atoms. The van der Waals surface area contributed by atoms with Crippen LogP contribution in [0.3, 0.4) is 0 Å². The number of hydrogen-bond acceptors (Lipinski definition) is 3. The van der Waals surface area contributed by atoms with Crippen molar-refractivity contribution in [3.63, 3.8) is 0 Å². The molecule has 19 heavy (non-hydrogen) atoms. The Labute approximate surface area is 111 Å². The van der Waals surface area contributed by atoms with Gasteiger partial charge in [0.15, 0.2) is 0 Å². The van der Waals surface area contributed by atoms with Crippen molar-refractivity contribution in [1.82, 2.24) is 10.3 Å². The maximum Gasteiger partial charge on any atom is 0.354 e. The first-order valence-corrected chi connectivity index (χ1v) is 6.31. The minimum atomic E-state index is -1.09. The van der Waals surface area contributed by atoms with Crippen LogP contribution in [0.25, 0.3) is 0 Å². The van der Waals surface area contributed by atoms with E-state index in [2.05, 4.69) is 22.5 Å². The molecule has 1 aromatic heterocycles. The van der Waals surface area contributed by atoms with Crippen molar-refractivity contribution in [2.45, 2.75) is 32.2 Å². The van der Waals surface area contributed by atoms with Gasteiger partial charge in [0.2, 0.25) is 0 Å². The molecule has 2 unspecified atom stereocenters. The van der Waals surface area contributed by atoms with Crippen LogP contribution in [0.15, 0.2) is 18.3 Å². The van der Waals surface area contributed by atoms with Crippen LogP contribution in [0.1, 0.15) is 36.7 Å². The smallest absolute Gasteiger partial charge is 0.354 e. The number of aromatic carboxylic acids is 1. The molecule has 102 valence electrons. The Bertz CT molecular complexity index is 473. The van der Waals surface area contributed by atoms with Gasteiger partial charge in [0.05, 0.1) is 11.9 Å². The number of carbonyl (C=O) groups is 2. The van der Waals surface area contributed by atoms with Gasteiger partial charge in [-0.05, 0) is 37.3 Å². The highest BCUT2D eigenvalue weighted by Crippen LogP contribution is 2.24. The third-order valence-corrected chi connectivity index (χ3v) is 3.27. The predicted molar refractivity (Wildman–Crippen MR) is 70.2 cm³/mol. The van der Waals surface area contributed by atoms with Crippen LogP contribution in [0, 0.1) is 5.92 Å². The van der Waals surface area contributed by atoms with E-state index in [1.807, 2.05) is 0 Å². The van der Waals surface area contributed by atoms with E-state index in [4.69, 9.17) is 5.11 Å². The van der Waals surface area contributed by atoms with Crippen molar-refractivity contribution < 1.29 is 14.7 Å². The summed E-state index contributed by atoms with van der Waals surface area (Å²) in [5.41, 5.74) is 0.434. The Morgan fingerprint density at radius 3 is 2.68 bits per heavy atom. The van der Waals surface area contributed by atoms with E-state index in [9.17, 15) is 9.59 Å². The number of aromatic nitrogens is 1. The van der Waals surface area contributed by atoms with Gasteiger partial charge in [-0.25, -0.2) is 14.6 Å². The molecule has 0 saturated heterocycles. The molecule has 1 aliphatic rings. The van der Waals surface area contributed by atoms with Crippen molar-refractivity contribution in [3.8, 4) is 0 Å². The molecule has 1 aromatic rings. The standard InChI is InChI=1S/C13H17N3O3/c1-8-2-3-9(6-8)15-13(19)16-10-4-5-11(12(17)18)14-7-10/h4-5,7-9H,2-3,6H2,1H3,(H,17,18)(H2,15,16,19). The van der Waals surface area contributed by atoms with Crippen LogP contribution in [0.5, 0.6) is 0 Å². The van der Waals surface area contributed by atoms with Crippen LogP contribution in [0.4, 0.5) is 10.5 Å². The molecule has 0 radical (unpaired) electrons. The van der Waals surface area contributed by atoms with Crippen molar-refractivity contribution >= 4 is 17.7 Å². The molecule has 1 heterocycles. The van der Waals surface area contributed by atoms with Crippen molar-refractivity contribution in [3.05, 3.63) is 24.0 Å². The Balaban J connectivity index is 1.86. The van der Waals surface area contributed by atoms with Crippen LogP contribution in [-0.2, 0) is 0 Å². The van der Waals surface area contributed by atoms with Crippen LogP contribution < -0.4 is 10.6 Å². The first-order valence-electron chi connectivity index (χ1n) is 6.31. The Morgan fingerprint density at radius 2 is 2.16 bits per heavy atom. The first-order chi connectivity index (χ1) is 9.04. The topological polar surface area (TPSA) is 91.3 Å². The number of nitrogens with one attached hydrogen (secondary N) is 2. The van der Waals surface area contributed by atoms with Crippen molar-refractivity contribution in [2.24, 2.45) is 5.92 Å². The summed E-state index contributed by atoms with van der Waals surface area (Å²) in [6, 6.07) is 2.83. The molecule has 2 atom stereocenters. The van der Waals surface area contributed by atoms with Gasteiger partial charge < -0.3 is 15.7 Å². The highest BCUT2D eigenvalue weighted by Gasteiger charge is 2.22. The minimum absolute atomic E-state index is 0.0458. The van der Waals surface area contributed by atoms with E-state index in [0.717, 1.165) is 19.3 Å². The lowest BCUT2D eigenvalue weighted by molar-refractivity contribution is 0.0690. The molecule has 1 fully saturated rings. The van der Waals surface area contributed by atoms with E-state index < -0.39 is 5.97 Å². The second kappa shape index (κ2) is 5.69. The van der Waals surface area contributed by atoms with E-state index in [-0.39, 0.29) is 17.8 Å². The number of carboxylic acid groups (broad SMARTS) is 1. The van der Waals surface area contributed by atoms with Gasteiger partial charge >= 0.3 is 12.0 Å². The quantitative estimate of drug-likeness (QED) is 0.778. The zero-order valence-corrected chi connectivity index (χ0v) is 10.7. The third kappa shape index (κ3) is 3.67. The lowest BCUT2D eigenvalue weighted by Gasteiger charge is -2.13. The number of pyridine rings is 1. The van der Waals surface area contributed by atoms with E-state index >= 15 is 0 Å². The average molecular weight is 263 g/mol. The van der Waals surface area contributed by atoms with Gasteiger partial charge in [-0.2, -0.15) is 0 Å². The number of rotatable bonds is 3. The second-order valence-electron chi connectivity index (χ2n) is 4.95. The number of carboxylic acids is 1. The zero-order valence-electron chi connectivity index (χ0n) is 10.7. The molecule has 2 amide bonds. The summed E-state index contributed by atoms with van der Waals surface area (Å²) in [7, 11) is 0. The van der Waals surface area contributed by atoms with Crippen molar-refractivity contribution in [1.29, 1.82) is 0 Å². The summed E-state index contributed by atoms with van der Waals surface area (Å²) in [6.45, 7) is 2.17. The maximum absolute atomic E-state index is 11.7. The summed E-state index contributed by atoms with van der Waals surface area (Å²) in [4.78, 5) is 26.1. The maximum atomic E-state index is 11.7. The van der Waals surface area contributed by atoms with E-state index in [1.165, 1.54) is 18.3 Å². The molecular formula is C13H17N3O3. The first kappa shape index (κ1) is 13.3. The Hall–Kier alpha value is -2.11. The van der Waals surface area contributed by atoms with Gasteiger partial charge in [0.1, 0.15) is 5.69 Å². The van der Waals surface area contributed by atoms with E-state index in [0.29, 0.717) is 11.6 Å². The molecule has 1 aliphatic carbocycles. The monoisotopic (exact) mass is 263 g/mol. The van der Waals surface area contributed by atoms with Gasteiger partial charge in [0.25, 0.3) is 0 Å². The van der Waals surface area contributed by atoms with Crippen LogP contribution in [0.2, 0.25) is 0 Å². The summed E-state index contributed by atoms with van der Waals surface area (Å²) in [5.74, 6) is -0.433. The Morgan fingerprint density at radius 1 is 1.37 bits per heavy atom. The SMILES string of the molecule is CC1CCC(NC(=O)Nc2ccc(C(=O)O)nc2)C1. The number of carbonyl (C=O) groups excluding carboxylic acids is 1. The molecule has 6 nitrogen and oxygen atoms in total. The molecule has 0 spiro atoms. The lowest BCUT2D eigenvalue weighted by atomic mass is 10.1. The highest BCUT2D eigenvalue weighted by atomic mass is 16.4. The normalized spacial score (nSPS) is 21.9. The van der Waals surface area contributed by atoms with Gasteiger partial charge in [-0.3, -0.25) is 0 Å². The third-order valence-electron chi connectivity index (χ3n) is 3.27. The summed E-state index contributed by atoms with van der Waals surface area (Å²) in [6.07, 6.45) is 4.48. The van der Waals surface area contributed by atoms with Crippen molar-refractivity contribution in [2.75, 3.05) is 5.32 Å². The summed E-state index contributed by atoms with van der Waals surface area (Å²) in [5, 5.41) is 14.3. The molecule has 0 aliphatic heterocycles. The zero-order chi connectivity index (χ0) is 13.8. The molecule has 6 heteroatoms. The summed E-state index contributed by atoms with van der Waals surface area (Å²) >= 11 is 0. The Kier molecular flexibility index (Phi) is 3.99. The fourth-order valence-corrected chi connectivity index (χ4v) is 2.29. The number of anilines is 1. The van der Waals surface area contributed by atoms with Gasteiger partial charge in [-0.1, -0.05) is 6.92 Å².